The van der Waals surface area contributed by atoms with Crippen molar-refractivity contribution in [1.82, 2.24) is 5.32 Å². The standard InChI is InChI=1S/C7H15NS.H2S/c1-7(2,3)6-4-9-5-8-6;/h6,8H,4-5H2,1-3H3;1H2. The van der Waals surface area contributed by atoms with E-state index in [0.29, 0.717) is 5.41 Å². The molecule has 1 saturated heterocycles. The Bertz CT molecular complexity index is 92.3. The Hall–Kier alpha value is 0.660. The number of hydrogen-bond acceptors (Lipinski definition) is 2. The third kappa shape index (κ3) is 2.72. The van der Waals surface area contributed by atoms with Crippen LogP contribution < -0.4 is 5.32 Å². The molecule has 0 aliphatic carbocycles. The molecule has 1 nitrogen and oxygen atoms in total. The Kier molecular flexibility index (Phi) is 4.14. The van der Waals surface area contributed by atoms with E-state index < -0.39 is 0 Å². The predicted octanol–water partition coefficient (Wildman–Crippen LogP) is 1.81. The molecule has 0 aromatic rings. The lowest BCUT2D eigenvalue weighted by atomic mass is 9.88. The van der Waals surface area contributed by atoms with Crippen molar-refractivity contribution in [3.63, 3.8) is 0 Å². The molecule has 1 aliphatic heterocycles. The highest BCUT2D eigenvalue weighted by molar-refractivity contribution is 7.99. The van der Waals surface area contributed by atoms with Crippen molar-refractivity contribution in [2.24, 2.45) is 5.41 Å². The van der Waals surface area contributed by atoms with Crippen LogP contribution >= 0.6 is 25.3 Å². The molecule has 0 bridgehead atoms. The van der Waals surface area contributed by atoms with E-state index >= 15 is 0 Å². The molecular formula is C7H17NS2. The predicted molar refractivity (Wildman–Crippen MR) is 54.1 cm³/mol. The molecule has 62 valence electrons. The summed E-state index contributed by atoms with van der Waals surface area (Å²) in [6.45, 7) is 6.86. The first-order valence-corrected chi connectivity index (χ1v) is 4.57. The van der Waals surface area contributed by atoms with Crippen LogP contribution in [0.1, 0.15) is 20.8 Å². The molecule has 0 spiro atoms. The van der Waals surface area contributed by atoms with Crippen molar-refractivity contribution in [3.05, 3.63) is 0 Å². The molecule has 1 aliphatic rings. The zero-order valence-electron chi connectivity index (χ0n) is 6.90. The van der Waals surface area contributed by atoms with E-state index in [9.17, 15) is 0 Å². The Balaban J connectivity index is 0.000000810. The lowest BCUT2D eigenvalue weighted by Crippen LogP contribution is -2.36. The molecule has 1 atom stereocenters. The third-order valence-electron chi connectivity index (χ3n) is 1.76. The van der Waals surface area contributed by atoms with E-state index in [2.05, 4.69) is 26.1 Å². The van der Waals surface area contributed by atoms with Crippen LogP contribution in [0.25, 0.3) is 0 Å². The fourth-order valence-corrected chi connectivity index (χ4v) is 2.24. The van der Waals surface area contributed by atoms with Gasteiger partial charge in [0.15, 0.2) is 0 Å². The van der Waals surface area contributed by atoms with Crippen molar-refractivity contribution in [2.75, 3.05) is 11.6 Å². The maximum Gasteiger partial charge on any atom is 0.0420 e. The van der Waals surface area contributed by atoms with E-state index in [1.54, 1.807) is 0 Å². The molecule has 0 amide bonds. The zero-order valence-corrected chi connectivity index (χ0v) is 8.72. The SMILES string of the molecule is CC(C)(C)C1CSCN1.S. The quantitative estimate of drug-likeness (QED) is 0.609. The van der Waals surface area contributed by atoms with Crippen LogP contribution in [0.2, 0.25) is 0 Å². The van der Waals surface area contributed by atoms with Gasteiger partial charge in [-0.25, -0.2) is 0 Å². The average molecular weight is 179 g/mol. The maximum absolute atomic E-state index is 3.46. The smallest absolute Gasteiger partial charge is 0.0420 e. The van der Waals surface area contributed by atoms with E-state index in [0.717, 1.165) is 11.9 Å². The molecule has 1 unspecified atom stereocenters. The normalized spacial score (nSPS) is 26.1. The van der Waals surface area contributed by atoms with Crippen LogP contribution in [0.15, 0.2) is 0 Å². The Labute approximate surface area is 74.8 Å². The highest BCUT2D eigenvalue weighted by atomic mass is 32.2. The fraction of sp³-hybridized carbons (Fsp3) is 1.00. The van der Waals surface area contributed by atoms with Crippen LogP contribution in [0.3, 0.4) is 0 Å². The van der Waals surface area contributed by atoms with Crippen LogP contribution in [0.5, 0.6) is 0 Å². The van der Waals surface area contributed by atoms with E-state index in [4.69, 9.17) is 0 Å². The van der Waals surface area contributed by atoms with E-state index in [-0.39, 0.29) is 13.5 Å². The monoisotopic (exact) mass is 179 g/mol. The molecule has 10 heavy (non-hydrogen) atoms. The highest BCUT2D eigenvalue weighted by Gasteiger charge is 2.26. The van der Waals surface area contributed by atoms with Crippen LogP contribution in [0, 0.1) is 5.41 Å². The fourth-order valence-electron chi connectivity index (χ4n) is 0.951. The van der Waals surface area contributed by atoms with Gasteiger partial charge in [-0.15, -0.1) is 11.8 Å². The summed E-state index contributed by atoms with van der Waals surface area (Å²) in [6, 6.07) is 0.725. The van der Waals surface area contributed by atoms with Crippen LogP contribution in [-0.4, -0.2) is 17.7 Å². The van der Waals surface area contributed by atoms with Crippen molar-refractivity contribution in [1.29, 1.82) is 0 Å². The summed E-state index contributed by atoms with van der Waals surface area (Å²) in [5, 5.41) is 3.46. The minimum absolute atomic E-state index is 0. The second-order valence-electron chi connectivity index (χ2n) is 3.64. The minimum Gasteiger partial charge on any atom is -0.304 e. The minimum atomic E-state index is 0. The van der Waals surface area contributed by atoms with Gasteiger partial charge in [0.25, 0.3) is 0 Å². The van der Waals surface area contributed by atoms with Gasteiger partial charge in [0, 0.05) is 17.7 Å². The molecule has 0 aromatic heterocycles. The summed E-state index contributed by atoms with van der Waals surface area (Å²) in [4.78, 5) is 0. The zero-order chi connectivity index (χ0) is 6.91. The number of thioether (sulfide) groups is 1. The van der Waals surface area contributed by atoms with Crippen LogP contribution in [0.4, 0.5) is 0 Å². The van der Waals surface area contributed by atoms with Gasteiger partial charge in [0.1, 0.15) is 0 Å². The largest absolute Gasteiger partial charge is 0.304 e. The molecule has 1 heterocycles. The van der Waals surface area contributed by atoms with Gasteiger partial charge < -0.3 is 5.32 Å². The lowest BCUT2D eigenvalue weighted by Gasteiger charge is -2.25. The number of nitrogens with one attached hydrogen (secondary N) is 1. The summed E-state index contributed by atoms with van der Waals surface area (Å²) in [5.41, 5.74) is 0.448. The number of rotatable bonds is 0. The van der Waals surface area contributed by atoms with Gasteiger partial charge in [-0.3, -0.25) is 0 Å². The van der Waals surface area contributed by atoms with Gasteiger partial charge in [0.2, 0.25) is 0 Å². The maximum atomic E-state index is 3.46. The summed E-state index contributed by atoms with van der Waals surface area (Å²) in [6.07, 6.45) is 0. The molecule has 0 aromatic carbocycles. The lowest BCUT2D eigenvalue weighted by molar-refractivity contribution is 0.311. The van der Waals surface area contributed by atoms with E-state index in [1.165, 1.54) is 5.75 Å². The Morgan fingerprint density at radius 2 is 2.00 bits per heavy atom. The number of hydrogen-bond donors (Lipinski definition) is 1. The van der Waals surface area contributed by atoms with Crippen molar-refractivity contribution in [3.8, 4) is 0 Å². The molecular weight excluding hydrogens is 162 g/mol. The first-order chi connectivity index (χ1) is 4.11. The topological polar surface area (TPSA) is 12.0 Å². The Morgan fingerprint density at radius 1 is 1.40 bits per heavy atom. The van der Waals surface area contributed by atoms with Crippen molar-refractivity contribution in [2.45, 2.75) is 26.8 Å². The molecule has 0 saturated carbocycles. The van der Waals surface area contributed by atoms with Gasteiger partial charge in [-0.2, -0.15) is 13.5 Å². The summed E-state index contributed by atoms with van der Waals surface area (Å²) in [7, 11) is 0. The third-order valence-corrected chi connectivity index (χ3v) is 2.70. The summed E-state index contributed by atoms with van der Waals surface area (Å²) in [5.74, 6) is 2.42. The van der Waals surface area contributed by atoms with Gasteiger partial charge in [0.05, 0.1) is 0 Å². The average Bonchev–Trinajstić information content (AvgIpc) is 2.08. The molecule has 1 fully saturated rings. The van der Waals surface area contributed by atoms with E-state index in [1.807, 2.05) is 11.8 Å². The second kappa shape index (κ2) is 3.88. The Morgan fingerprint density at radius 3 is 2.20 bits per heavy atom. The summed E-state index contributed by atoms with van der Waals surface area (Å²) < 4.78 is 0. The van der Waals surface area contributed by atoms with Crippen molar-refractivity contribution < 1.29 is 0 Å². The first-order valence-electron chi connectivity index (χ1n) is 3.42. The summed E-state index contributed by atoms with van der Waals surface area (Å²) >= 11 is 2.00. The molecule has 3 heteroatoms. The molecule has 1 rings (SSSR count). The highest BCUT2D eigenvalue weighted by Crippen LogP contribution is 2.26. The first kappa shape index (κ1) is 10.7. The second-order valence-corrected chi connectivity index (χ2v) is 4.67. The van der Waals surface area contributed by atoms with Gasteiger partial charge >= 0.3 is 0 Å². The van der Waals surface area contributed by atoms with Gasteiger partial charge in [-0.05, 0) is 5.41 Å². The molecule has 1 N–H and O–H groups in total. The van der Waals surface area contributed by atoms with Crippen molar-refractivity contribution >= 4 is 25.3 Å². The van der Waals surface area contributed by atoms with Gasteiger partial charge in [-0.1, -0.05) is 20.8 Å². The van der Waals surface area contributed by atoms with Crippen LogP contribution in [-0.2, 0) is 0 Å². The molecule has 0 radical (unpaired) electrons.